The molecule has 0 saturated carbocycles. The Hall–Kier alpha value is -0.890. The van der Waals surface area contributed by atoms with Gasteiger partial charge in [-0.2, -0.15) is 0 Å². The van der Waals surface area contributed by atoms with Crippen molar-refractivity contribution in [2.24, 2.45) is 0 Å². The van der Waals surface area contributed by atoms with Gasteiger partial charge in [-0.25, -0.2) is 0 Å². The molecule has 0 amide bonds. The van der Waals surface area contributed by atoms with Crippen LogP contribution in [0.15, 0.2) is 24.3 Å². The molecule has 0 spiro atoms. The first-order chi connectivity index (χ1) is 22.4. The summed E-state index contributed by atoms with van der Waals surface area (Å²) in [4.78, 5) is 13.0. The van der Waals surface area contributed by atoms with Gasteiger partial charge < -0.3 is 20.1 Å². The molecule has 1 aromatic rings. The molecule has 0 aliphatic carbocycles. The van der Waals surface area contributed by atoms with E-state index in [1.54, 1.807) is 12.1 Å². The Morgan fingerprint density at radius 1 is 0.761 bits per heavy atom. The first kappa shape index (κ1) is 41.3. The zero-order chi connectivity index (χ0) is 33.3. The van der Waals surface area contributed by atoms with Gasteiger partial charge in [0.25, 0.3) is 0 Å². The number of hydrogen-bond acceptors (Lipinski definition) is 7. The second-order valence-corrected chi connectivity index (χ2v) is 16.9. The van der Waals surface area contributed by atoms with Crippen LogP contribution in [-0.2, 0) is 16.0 Å². The number of unbranched alkanes of at least 4 members (excludes halogenated alkanes) is 14. The van der Waals surface area contributed by atoms with Crippen molar-refractivity contribution in [1.82, 2.24) is 0 Å². The number of thioether (sulfide) groups is 2. The maximum Gasteiger partial charge on any atom is 0.308 e. The molecule has 0 bridgehead atoms. The average Bonchev–Trinajstić information content (AvgIpc) is 3.03. The second-order valence-electron chi connectivity index (χ2n) is 13.7. The molecule has 7 heteroatoms. The van der Waals surface area contributed by atoms with Crippen LogP contribution in [0.4, 0.5) is 0 Å². The van der Waals surface area contributed by atoms with Crippen LogP contribution in [0.5, 0.6) is 5.75 Å². The number of esters is 1. The van der Waals surface area contributed by atoms with Gasteiger partial charge in [-0.05, 0) is 87.0 Å². The lowest BCUT2D eigenvalue weighted by molar-refractivity contribution is -0.152. The number of benzene rings is 1. The van der Waals surface area contributed by atoms with E-state index in [2.05, 4.69) is 13.8 Å². The molecule has 1 fully saturated rings. The van der Waals surface area contributed by atoms with Crippen molar-refractivity contribution in [2.45, 2.75) is 190 Å². The third-order valence-electron chi connectivity index (χ3n) is 9.30. The number of phenolic OH excluding ortho intramolecular Hbond substituents is 1. The van der Waals surface area contributed by atoms with Crippen molar-refractivity contribution < 1.29 is 24.9 Å². The zero-order valence-electron chi connectivity index (χ0n) is 29.4. The van der Waals surface area contributed by atoms with Gasteiger partial charge in [0.1, 0.15) is 11.9 Å². The molecule has 1 aliphatic heterocycles. The number of carbonyl (C=O) groups excluding carboxylic acids is 1. The number of rotatable bonds is 28. The summed E-state index contributed by atoms with van der Waals surface area (Å²) in [5.74, 6) is 2.09. The molecule has 0 radical (unpaired) electrons. The number of aryl methyl sites for hydroxylation is 1. The zero-order valence-corrected chi connectivity index (χ0v) is 31.0. The van der Waals surface area contributed by atoms with Gasteiger partial charge in [-0.15, -0.1) is 23.5 Å². The number of carbonyl (C=O) groups is 1. The van der Waals surface area contributed by atoms with E-state index in [1.165, 1.54) is 102 Å². The molecule has 46 heavy (non-hydrogen) atoms. The topological polar surface area (TPSA) is 87.0 Å². The third kappa shape index (κ3) is 19.8. The number of aromatic hydroxyl groups is 1. The van der Waals surface area contributed by atoms with Gasteiger partial charge in [0.05, 0.1) is 22.7 Å². The molecule has 0 aromatic heterocycles. The lowest BCUT2D eigenvalue weighted by atomic mass is 10.00. The minimum atomic E-state index is -0.901. The van der Waals surface area contributed by atoms with Crippen LogP contribution in [0.1, 0.15) is 167 Å². The summed E-state index contributed by atoms with van der Waals surface area (Å²) in [5.41, 5.74) is 1.18. The van der Waals surface area contributed by atoms with Crippen molar-refractivity contribution in [3.8, 4) is 5.75 Å². The van der Waals surface area contributed by atoms with Gasteiger partial charge >= 0.3 is 5.97 Å². The molecule has 3 N–H and O–H groups in total. The Morgan fingerprint density at radius 2 is 1.26 bits per heavy atom. The predicted molar refractivity (Wildman–Crippen MR) is 199 cm³/mol. The first-order valence-corrected chi connectivity index (χ1v) is 20.9. The Labute approximate surface area is 290 Å². The van der Waals surface area contributed by atoms with E-state index in [0.29, 0.717) is 6.42 Å². The van der Waals surface area contributed by atoms with Crippen molar-refractivity contribution in [3.63, 3.8) is 0 Å². The minimum Gasteiger partial charge on any atom is -0.508 e. The number of phenols is 1. The van der Waals surface area contributed by atoms with E-state index in [-0.39, 0.29) is 34.7 Å². The van der Waals surface area contributed by atoms with Gasteiger partial charge in [-0.3, -0.25) is 4.79 Å². The number of ether oxygens (including phenoxy) is 1. The van der Waals surface area contributed by atoms with E-state index >= 15 is 0 Å². The molecule has 5 nitrogen and oxygen atoms in total. The van der Waals surface area contributed by atoms with Crippen molar-refractivity contribution in [3.05, 3.63) is 29.8 Å². The van der Waals surface area contributed by atoms with Crippen LogP contribution in [0.3, 0.4) is 0 Å². The largest absolute Gasteiger partial charge is 0.508 e. The molecule has 1 saturated heterocycles. The van der Waals surface area contributed by atoms with E-state index in [4.69, 9.17) is 4.74 Å². The summed E-state index contributed by atoms with van der Waals surface area (Å²) in [6.07, 6.45) is 24.1. The standard InChI is InChI=1S/C39H68O5S2/c1-3-5-7-9-11-13-15-17-20-37(21-18-16-14-12-10-8-6-4-2)44-38(43)31-35(41)30-36(42)32-39(45-28-19-29-46-39)27-26-33-22-24-34(40)25-23-33/h22-25,35-37,40-42H,3-21,26-32H2,1-2H3/t35-,36+/m1/s1. The number of aliphatic hydroxyl groups excluding tert-OH is 2. The summed E-state index contributed by atoms with van der Waals surface area (Å²) in [5, 5.41) is 31.5. The van der Waals surface area contributed by atoms with Gasteiger partial charge in [0.15, 0.2) is 0 Å². The van der Waals surface area contributed by atoms with Crippen LogP contribution < -0.4 is 0 Å². The highest BCUT2D eigenvalue weighted by atomic mass is 32.2. The Kier molecular flexibility index (Phi) is 23.4. The van der Waals surface area contributed by atoms with Gasteiger partial charge in [0, 0.05) is 0 Å². The molecule has 1 heterocycles. The third-order valence-corrected chi connectivity index (χ3v) is 12.8. The smallest absolute Gasteiger partial charge is 0.308 e. The maximum atomic E-state index is 13.0. The summed E-state index contributed by atoms with van der Waals surface area (Å²) >= 11 is 3.84. The second kappa shape index (κ2) is 26.0. The molecule has 0 unspecified atom stereocenters. The quantitative estimate of drug-likeness (QED) is 0.0600. The lowest BCUT2D eigenvalue weighted by Gasteiger charge is -2.38. The molecule has 266 valence electrons. The number of aliphatic hydroxyl groups is 2. The van der Waals surface area contributed by atoms with E-state index < -0.39 is 12.2 Å². The predicted octanol–water partition coefficient (Wildman–Crippen LogP) is 10.8. The fourth-order valence-corrected chi connectivity index (χ4v) is 9.97. The highest BCUT2D eigenvalue weighted by Gasteiger charge is 2.36. The average molecular weight is 681 g/mol. The Morgan fingerprint density at radius 3 is 1.78 bits per heavy atom. The Bertz CT molecular complexity index is 854. The summed E-state index contributed by atoms with van der Waals surface area (Å²) in [6, 6.07) is 7.37. The van der Waals surface area contributed by atoms with E-state index in [0.717, 1.165) is 50.0 Å². The van der Waals surface area contributed by atoms with Gasteiger partial charge in [-0.1, -0.05) is 116 Å². The highest BCUT2D eigenvalue weighted by Crippen LogP contribution is 2.49. The highest BCUT2D eigenvalue weighted by molar-refractivity contribution is 8.18. The summed E-state index contributed by atoms with van der Waals surface area (Å²) in [6.45, 7) is 4.51. The normalized spacial score (nSPS) is 16.0. The molecular formula is C39H68O5S2. The monoisotopic (exact) mass is 680 g/mol. The van der Waals surface area contributed by atoms with Crippen LogP contribution in [0.2, 0.25) is 0 Å². The molecule has 1 aromatic carbocycles. The van der Waals surface area contributed by atoms with Crippen LogP contribution in [-0.4, -0.2) is 55.2 Å². The summed E-state index contributed by atoms with van der Waals surface area (Å²) < 4.78 is 5.88. The fourth-order valence-electron chi connectivity index (χ4n) is 6.52. The SMILES string of the molecule is CCCCCCCCCCC(CCCCCCCCCC)OC(=O)C[C@H](O)C[C@H](O)CC1(CCc2ccc(O)cc2)SCCCS1. The van der Waals surface area contributed by atoms with E-state index in [9.17, 15) is 20.1 Å². The van der Waals surface area contributed by atoms with Crippen molar-refractivity contribution in [2.75, 3.05) is 11.5 Å². The van der Waals surface area contributed by atoms with Crippen molar-refractivity contribution in [1.29, 1.82) is 0 Å². The van der Waals surface area contributed by atoms with Gasteiger partial charge in [0.2, 0.25) is 0 Å². The molecule has 2 atom stereocenters. The van der Waals surface area contributed by atoms with Crippen molar-refractivity contribution >= 4 is 29.5 Å². The minimum absolute atomic E-state index is 0.0524. The molecular weight excluding hydrogens is 613 g/mol. The lowest BCUT2D eigenvalue weighted by Crippen LogP contribution is -2.33. The number of hydrogen-bond donors (Lipinski definition) is 3. The van der Waals surface area contributed by atoms with Crippen LogP contribution in [0.25, 0.3) is 0 Å². The maximum absolute atomic E-state index is 13.0. The van der Waals surface area contributed by atoms with Crippen LogP contribution in [0, 0.1) is 0 Å². The Balaban J connectivity index is 1.78. The summed E-state index contributed by atoms with van der Waals surface area (Å²) in [7, 11) is 0. The first-order valence-electron chi connectivity index (χ1n) is 19.0. The van der Waals surface area contributed by atoms with Crippen LogP contribution >= 0.6 is 23.5 Å². The fraction of sp³-hybridized carbons (Fsp3) is 0.821. The van der Waals surface area contributed by atoms with E-state index in [1.807, 2.05) is 35.7 Å². The molecule has 1 aliphatic rings. The molecule has 2 rings (SSSR count).